The first kappa shape index (κ1) is 52.9. The van der Waals surface area contributed by atoms with E-state index in [-0.39, 0.29) is 32.6 Å². The van der Waals surface area contributed by atoms with Gasteiger partial charge in [-0.05, 0) is 83.5 Å². The van der Waals surface area contributed by atoms with Crippen molar-refractivity contribution in [2.75, 3.05) is 26.4 Å². The second-order valence-electron chi connectivity index (χ2n) is 13.3. The Labute approximate surface area is 339 Å². The van der Waals surface area contributed by atoms with Crippen molar-refractivity contribution in [3.63, 3.8) is 0 Å². The van der Waals surface area contributed by atoms with Gasteiger partial charge in [0.25, 0.3) is 0 Å². The molecule has 3 atom stereocenters. The Morgan fingerprint density at radius 2 is 1.12 bits per heavy atom. The normalized spacial score (nSPS) is 14.9. The molecule has 10 nitrogen and oxygen atoms in total. The van der Waals surface area contributed by atoms with Gasteiger partial charge in [0, 0.05) is 19.4 Å². The number of hydrogen-bond donors (Lipinski definition) is 3. The highest BCUT2D eigenvalue weighted by Crippen LogP contribution is 2.43. The first-order valence-electron chi connectivity index (χ1n) is 20.8. The van der Waals surface area contributed by atoms with Crippen molar-refractivity contribution in [3.05, 3.63) is 97.2 Å². The highest BCUT2D eigenvalue weighted by Gasteiger charge is 2.25. The molecule has 0 bridgehead atoms. The van der Waals surface area contributed by atoms with Crippen LogP contribution in [0.3, 0.4) is 0 Å². The number of rotatable bonds is 37. The molecule has 0 aliphatic rings. The number of aliphatic hydroxyl groups excluding tert-OH is 1. The lowest BCUT2D eigenvalue weighted by Gasteiger charge is -2.19. The maximum absolute atomic E-state index is 12.5. The van der Waals surface area contributed by atoms with Crippen molar-refractivity contribution >= 4 is 19.8 Å². The molecule has 0 aliphatic heterocycles. The minimum atomic E-state index is -4.42. The van der Waals surface area contributed by atoms with Gasteiger partial charge in [-0.25, -0.2) is 4.57 Å². The number of esters is 2. The van der Waals surface area contributed by atoms with Crippen LogP contribution in [-0.4, -0.2) is 60.5 Å². The summed E-state index contributed by atoms with van der Waals surface area (Å²) in [5, 5.41) is 10.0. The lowest BCUT2D eigenvalue weighted by atomic mass is 10.2. The van der Waals surface area contributed by atoms with Crippen LogP contribution in [0.5, 0.6) is 0 Å². The van der Waals surface area contributed by atoms with Crippen LogP contribution in [0.15, 0.2) is 97.2 Å². The SMILES string of the molecule is CCCCC/C=C\C=C/[C@@H](O)C/C=C\C/C=C/CCCC(=O)OC[C@H](COP(=O)(O)OCCN)OC(=O)CCC/C=C\C/C=C\C/C=C\C/C=C\CCCCC. The topological polar surface area (TPSA) is 155 Å². The second-order valence-corrected chi connectivity index (χ2v) is 14.8. The molecular formula is C45H74NO9P. The van der Waals surface area contributed by atoms with Gasteiger partial charge in [-0.3, -0.25) is 18.6 Å². The number of hydrogen-bond acceptors (Lipinski definition) is 9. The van der Waals surface area contributed by atoms with Crippen LogP contribution in [0.4, 0.5) is 0 Å². The Morgan fingerprint density at radius 1 is 0.625 bits per heavy atom. The van der Waals surface area contributed by atoms with Crippen LogP contribution >= 0.6 is 7.82 Å². The predicted octanol–water partition coefficient (Wildman–Crippen LogP) is 10.8. The fourth-order valence-corrected chi connectivity index (χ4v) is 5.64. The molecule has 0 aromatic rings. The Kier molecular flexibility index (Phi) is 37.9. The standard InChI is InChI=1S/C45H74NO9P/c1-3-5-7-9-11-12-13-14-15-16-17-18-19-20-24-29-33-37-45(49)55-43(41-54-56(50,51)53-39-38-46)40-52-44(48)36-32-28-25-21-23-27-31-35-42(47)34-30-26-22-10-8-6-4-2/h11-12,14-15,17-18,20-22,24-27,30-31,34,42-43,47H,3-10,13,16,19,23,28-29,32-33,35-41,46H2,1-2H3,(H,50,51)/b12-11-,15-14-,18-17-,24-20-,25-21+,26-22-,31-27-,34-30-/t42-,43-/m1/s1. The van der Waals surface area contributed by atoms with Crippen LogP contribution in [0, 0.1) is 0 Å². The van der Waals surface area contributed by atoms with E-state index < -0.39 is 38.6 Å². The van der Waals surface area contributed by atoms with E-state index in [1.165, 1.54) is 38.5 Å². The Bertz CT molecular complexity index is 1250. The average Bonchev–Trinajstić information content (AvgIpc) is 3.18. The highest BCUT2D eigenvalue weighted by atomic mass is 31.2. The van der Waals surface area contributed by atoms with E-state index in [1.54, 1.807) is 6.08 Å². The molecule has 0 saturated carbocycles. The minimum Gasteiger partial charge on any atom is -0.462 e. The number of aliphatic hydroxyl groups is 1. The van der Waals surface area contributed by atoms with E-state index in [1.807, 2.05) is 42.5 Å². The molecular weight excluding hydrogens is 729 g/mol. The van der Waals surface area contributed by atoms with E-state index in [0.717, 1.165) is 38.5 Å². The van der Waals surface area contributed by atoms with Gasteiger partial charge in [0.15, 0.2) is 6.10 Å². The van der Waals surface area contributed by atoms with Gasteiger partial charge in [0.2, 0.25) is 0 Å². The van der Waals surface area contributed by atoms with Gasteiger partial charge >= 0.3 is 19.8 Å². The predicted molar refractivity (Wildman–Crippen MR) is 230 cm³/mol. The monoisotopic (exact) mass is 804 g/mol. The fourth-order valence-electron chi connectivity index (χ4n) is 4.87. The van der Waals surface area contributed by atoms with Gasteiger partial charge in [-0.1, -0.05) is 137 Å². The summed E-state index contributed by atoms with van der Waals surface area (Å²) >= 11 is 0. The summed E-state index contributed by atoms with van der Waals surface area (Å²) in [6.45, 7) is 3.42. The molecule has 0 aromatic carbocycles. The third-order valence-electron chi connectivity index (χ3n) is 8.02. The van der Waals surface area contributed by atoms with Gasteiger partial charge in [0.05, 0.1) is 19.3 Å². The summed E-state index contributed by atoms with van der Waals surface area (Å²) in [5.74, 6) is -1.01. The largest absolute Gasteiger partial charge is 0.472 e. The van der Waals surface area contributed by atoms with Crippen LogP contribution in [0.1, 0.15) is 136 Å². The number of phosphoric acid groups is 1. The molecule has 0 heterocycles. The smallest absolute Gasteiger partial charge is 0.462 e. The molecule has 0 amide bonds. The van der Waals surface area contributed by atoms with E-state index >= 15 is 0 Å². The van der Waals surface area contributed by atoms with Crippen molar-refractivity contribution in [1.29, 1.82) is 0 Å². The molecule has 0 aromatic heterocycles. The zero-order valence-corrected chi connectivity index (χ0v) is 35.3. The van der Waals surface area contributed by atoms with Gasteiger partial charge in [0.1, 0.15) is 6.61 Å². The van der Waals surface area contributed by atoms with Crippen LogP contribution in [0.2, 0.25) is 0 Å². The third-order valence-corrected chi connectivity index (χ3v) is 9.01. The van der Waals surface area contributed by atoms with Gasteiger partial charge in [-0.15, -0.1) is 0 Å². The number of phosphoric ester groups is 1. The Hall–Kier alpha value is -3.11. The zero-order chi connectivity index (χ0) is 41.2. The molecule has 0 radical (unpaired) electrons. The highest BCUT2D eigenvalue weighted by molar-refractivity contribution is 7.47. The first-order valence-corrected chi connectivity index (χ1v) is 22.3. The molecule has 56 heavy (non-hydrogen) atoms. The van der Waals surface area contributed by atoms with Crippen molar-refractivity contribution in [3.8, 4) is 0 Å². The maximum Gasteiger partial charge on any atom is 0.472 e. The van der Waals surface area contributed by atoms with Crippen molar-refractivity contribution in [2.45, 2.75) is 148 Å². The summed E-state index contributed by atoms with van der Waals surface area (Å²) in [7, 11) is -4.42. The number of carbonyl (C=O) groups is 2. The Morgan fingerprint density at radius 3 is 1.68 bits per heavy atom. The fraction of sp³-hybridized carbons (Fsp3) is 0.600. The molecule has 0 aliphatic carbocycles. The van der Waals surface area contributed by atoms with E-state index in [0.29, 0.717) is 32.1 Å². The summed E-state index contributed by atoms with van der Waals surface area (Å²) in [6, 6.07) is 0. The number of nitrogens with two attached hydrogens (primary N) is 1. The number of allylic oxidation sites excluding steroid dienone is 14. The second kappa shape index (κ2) is 40.1. The Balaban J connectivity index is 4.46. The molecule has 0 fully saturated rings. The van der Waals surface area contributed by atoms with Crippen molar-refractivity contribution < 1.29 is 42.7 Å². The van der Waals surface area contributed by atoms with Crippen molar-refractivity contribution in [2.24, 2.45) is 5.73 Å². The molecule has 318 valence electrons. The molecule has 0 saturated heterocycles. The molecule has 11 heteroatoms. The maximum atomic E-state index is 12.5. The summed E-state index contributed by atoms with van der Waals surface area (Å²) in [5.41, 5.74) is 5.33. The number of ether oxygens (including phenoxy) is 2. The number of carbonyl (C=O) groups excluding carboxylic acids is 2. The van der Waals surface area contributed by atoms with Gasteiger partial charge in [-0.2, -0.15) is 0 Å². The average molecular weight is 804 g/mol. The lowest BCUT2D eigenvalue weighted by molar-refractivity contribution is -0.161. The minimum absolute atomic E-state index is 0.0226. The quantitative estimate of drug-likeness (QED) is 0.0182. The molecule has 1 unspecified atom stereocenters. The molecule has 0 rings (SSSR count). The zero-order valence-electron chi connectivity index (χ0n) is 34.4. The summed E-state index contributed by atoms with van der Waals surface area (Å²) < 4.78 is 32.6. The number of unbranched alkanes of at least 4 members (excludes halogenated alkanes) is 8. The van der Waals surface area contributed by atoms with Crippen LogP contribution in [0.25, 0.3) is 0 Å². The third kappa shape index (κ3) is 39.1. The molecule has 4 N–H and O–H groups in total. The van der Waals surface area contributed by atoms with E-state index in [2.05, 4.69) is 62.5 Å². The van der Waals surface area contributed by atoms with Crippen LogP contribution in [-0.2, 0) is 32.7 Å². The first-order chi connectivity index (χ1) is 27.2. The van der Waals surface area contributed by atoms with Crippen molar-refractivity contribution in [1.82, 2.24) is 0 Å². The van der Waals surface area contributed by atoms with E-state index in [4.69, 9.17) is 24.3 Å². The summed E-state index contributed by atoms with van der Waals surface area (Å²) in [6.07, 6.45) is 47.6. The lowest BCUT2D eigenvalue weighted by Crippen LogP contribution is -2.29. The molecule has 0 spiro atoms. The summed E-state index contributed by atoms with van der Waals surface area (Å²) in [4.78, 5) is 34.8. The van der Waals surface area contributed by atoms with Gasteiger partial charge < -0.3 is 25.2 Å². The van der Waals surface area contributed by atoms with Crippen LogP contribution < -0.4 is 5.73 Å². The van der Waals surface area contributed by atoms with E-state index in [9.17, 15) is 24.2 Å².